The number of carbonyl (C=O) groups is 2. The molecule has 0 unspecified atom stereocenters. The molecule has 0 heterocycles. The number of ether oxygens (including phenoxy) is 1. The van der Waals surface area contributed by atoms with Crippen molar-refractivity contribution in [1.29, 1.82) is 0 Å². The minimum atomic E-state index is -0.664. The first-order valence-corrected chi connectivity index (χ1v) is 13.2. The molecule has 3 aromatic carbocycles. The number of hydrogen-bond donors (Lipinski definition) is 1. The van der Waals surface area contributed by atoms with Crippen LogP contribution in [0.25, 0.3) is 0 Å². The Hall–Kier alpha value is -3.12. The van der Waals surface area contributed by atoms with E-state index in [2.05, 4.69) is 28.2 Å². The number of nitrogens with one attached hydrogen (secondary N) is 1. The maximum Gasteiger partial charge on any atom is 0.261 e. The molecule has 0 aliphatic carbocycles. The van der Waals surface area contributed by atoms with Crippen molar-refractivity contribution in [1.82, 2.24) is 10.2 Å². The topological polar surface area (TPSA) is 58.6 Å². The summed E-state index contributed by atoms with van der Waals surface area (Å²) in [7, 11) is 0. The summed E-state index contributed by atoms with van der Waals surface area (Å²) >= 11 is 3.47. The van der Waals surface area contributed by atoms with E-state index in [-0.39, 0.29) is 18.4 Å². The Morgan fingerprint density at radius 1 is 0.972 bits per heavy atom. The molecule has 0 saturated carbocycles. The normalized spacial score (nSPS) is 11.6. The second-order valence-corrected chi connectivity index (χ2v) is 9.97. The SMILES string of the molecule is CCCCNC(=O)[C@@H](Cc1ccccc1)N(Cc1ccc(Br)cc1)C(=O)COc1cc(C)ccc1C. The lowest BCUT2D eigenvalue weighted by Gasteiger charge is -2.31. The van der Waals surface area contributed by atoms with Gasteiger partial charge in [-0.3, -0.25) is 9.59 Å². The van der Waals surface area contributed by atoms with E-state index in [1.807, 2.05) is 86.6 Å². The summed E-state index contributed by atoms with van der Waals surface area (Å²) in [6.45, 7) is 6.78. The molecule has 3 rings (SSSR count). The molecular weight excluding hydrogens is 516 g/mol. The number of halogens is 1. The van der Waals surface area contributed by atoms with Crippen LogP contribution in [0.5, 0.6) is 5.75 Å². The quantitative estimate of drug-likeness (QED) is 0.281. The van der Waals surface area contributed by atoms with E-state index in [1.54, 1.807) is 4.90 Å². The minimum absolute atomic E-state index is 0.144. The van der Waals surface area contributed by atoms with Crippen molar-refractivity contribution in [2.45, 2.75) is 52.6 Å². The Bertz CT molecular complexity index is 1130. The van der Waals surface area contributed by atoms with Crippen molar-refractivity contribution in [3.05, 3.63) is 99.5 Å². The zero-order valence-corrected chi connectivity index (χ0v) is 22.9. The average molecular weight is 552 g/mol. The maximum absolute atomic E-state index is 13.7. The molecule has 2 amide bonds. The van der Waals surface area contributed by atoms with E-state index in [9.17, 15) is 9.59 Å². The van der Waals surface area contributed by atoms with Crippen molar-refractivity contribution >= 4 is 27.7 Å². The fourth-order valence-electron chi connectivity index (χ4n) is 3.93. The van der Waals surface area contributed by atoms with Gasteiger partial charge in [-0.25, -0.2) is 0 Å². The molecule has 0 saturated heterocycles. The highest BCUT2D eigenvalue weighted by Gasteiger charge is 2.30. The van der Waals surface area contributed by atoms with E-state index in [0.717, 1.165) is 39.6 Å². The molecule has 0 aliphatic heterocycles. The lowest BCUT2D eigenvalue weighted by molar-refractivity contribution is -0.142. The number of aryl methyl sites for hydroxylation is 2. The van der Waals surface area contributed by atoms with Crippen molar-refractivity contribution < 1.29 is 14.3 Å². The first-order chi connectivity index (χ1) is 17.4. The molecule has 5 nitrogen and oxygen atoms in total. The monoisotopic (exact) mass is 550 g/mol. The molecule has 0 aromatic heterocycles. The summed E-state index contributed by atoms with van der Waals surface area (Å²) in [5.41, 5.74) is 3.97. The number of carbonyl (C=O) groups excluding carboxylic acids is 2. The molecular formula is C30H35BrN2O3. The van der Waals surface area contributed by atoms with Crippen LogP contribution < -0.4 is 10.1 Å². The van der Waals surface area contributed by atoms with Crippen LogP contribution in [0.4, 0.5) is 0 Å². The van der Waals surface area contributed by atoms with Gasteiger partial charge in [0, 0.05) is 24.0 Å². The Labute approximate surface area is 223 Å². The highest BCUT2D eigenvalue weighted by atomic mass is 79.9. The summed E-state index contributed by atoms with van der Waals surface area (Å²) < 4.78 is 6.92. The fraction of sp³-hybridized carbons (Fsp3) is 0.333. The second kappa shape index (κ2) is 13.8. The van der Waals surface area contributed by atoms with Crippen molar-refractivity contribution in [3.8, 4) is 5.75 Å². The van der Waals surface area contributed by atoms with Crippen molar-refractivity contribution in [2.24, 2.45) is 0 Å². The molecule has 1 N–H and O–H groups in total. The third kappa shape index (κ3) is 8.23. The van der Waals surface area contributed by atoms with E-state index >= 15 is 0 Å². The summed E-state index contributed by atoms with van der Waals surface area (Å²) in [5.74, 6) is 0.300. The molecule has 0 radical (unpaired) electrons. The second-order valence-electron chi connectivity index (χ2n) is 9.06. The third-order valence-corrected chi connectivity index (χ3v) is 6.59. The predicted molar refractivity (Wildman–Crippen MR) is 148 cm³/mol. The first kappa shape index (κ1) is 27.5. The first-order valence-electron chi connectivity index (χ1n) is 12.4. The molecule has 0 spiro atoms. The summed E-state index contributed by atoms with van der Waals surface area (Å²) in [6.07, 6.45) is 2.29. The highest BCUT2D eigenvalue weighted by Crippen LogP contribution is 2.21. The largest absolute Gasteiger partial charge is 0.483 e. The van der Waals surface area contributed by atoms with Gasteiger partial charge in [-0.2, -0.15) is 0 Å². The number of unbranched alkanes of at least 4 members (excludes halogenated alkanes) is 1. The highest BCUT2D eigenvalue weighted by molar-refractivity contribution is 9.10. The molecule has 0 aliphatic rings. The van der Waals surface area contributed by atoms with E-state index in [0.29, 0.717) is 25.3 Å². The molecule has 0 bridgehead atoms. The van der Waals surface area contributed by atoms with Gasteiger partial charge in [-0.05, 0) is 60.7 Å². The van der Waals surface area contributed by atoms with Gasteiger partial charge in [0.1, 0.15) is 11.8 Å². The molecule has 3 aromatic rings. The number of nitrogens with zero attached hydrogens (tertiary/aromatic N) is 1. The maximum atomic E-state index is 13.7. The average Bonchev–Trinajstić information content (AvgIpc) is 2.88. The Morgan fingerprint density at radius 3 is 2.39 bits per heavy atom. The number of rotatable bonds is 12. The van der Waals surface area contributed by atoms with Crippen LogP contribution in [0, 0.1) is 13.8 Å². The van der Waals surface area contributed by atoms with Crippen molar-refractivity contribution in [2.75, 3.05) is 13.2 Å². The van der Waals surface area contributed by atoms with E-state index in [4.69, 9.17) is 4.74 Å². The van der Waals surface area contributed by atoms with Crippen LogP contribution in [-0.4, -0.2) is 35.9 Å². The zero-order chi connectivity index (χ0) is 25.9. The Kier molecular flexibility index (Phi) is 10.6. The van der Waals surface area contributed by atoms with Gasteiger partial charge >= 0.3 is 0 Å². The van der Waals surface area contributed by atoms with Gasteiger partial charge in [0.05, 0.1) is 0 Å². The van der Waals surface area contributed by atoms with Crippen LogP contribution in [-0.2, 0) is 22.6 Å². The Morgan fingerprint density at radius 2 is 1.69 bits per heavy atom. The molecule has 190 valence electrons. The number of hydrogen-bond acceptors (Lipinski definition) is 3. The van der Waals surface area contributed by atoms with Gasteiger partial charge in [-0.1, -0.05) is 83.9 Å². The minimum Gasteiger partial charge on any atom is -0.483 e. The smallest absolute Gasteiger partial charge is 0.261 e. The molecule has 6 heteroatoms. The van der Waals surface area contributed by atoms with Gasteiger partial charge in [0.15, 0.2) is 6.61 Å². The standard InChI is InChI=1S/C30H35BrN2O3/c1-4-5-17-32-30(35)27(19-24-9-7-6-8-10-24)33(20-25-13-15-26(31)16-14-25)29(34)21-36-28-18-22(2)11-12-23(28)3/h6-16,18,27H,4-5,17,19-21H2,1-3H3,(H,32,35)/t27-/m1/s1. The van der Waals surface area contributed by atoms with Crippen LogP contribution in [0.3, 0.4) is 0 Å². The fourth-order valence-corrected chi connectivity index (χ4v) is 4.20. The van der Waals surface area contributed by atoms with Crippen LogP contribution in [0.2, 0.25) is 0 Å². The van der Waals surface area contributed by atoms with Gasteiger partial charge in [-0.15, -0.1) is 0 Å². The van der Waals surface area contributed by atoms with Gasteiger partial charge < -0.3 is 15.0 Å². The zero-order valence-electron chi connectivity index (χ0n) is 21.3. The lowest BCUT2D eigenvalue weighted by atomic mass is 10.0. The molecule has 0 fully saturated rings. The predicted octanol–water partition coefficient (Wildman–Crippen LogP) is 6.00. The van der Waals surface area contributed by atoms with Crippen LogP contribution >= 0.6 is 15.9 Å². The third-order valence-electron chi connectivity index (χ3n) is 6.06. The van der Waals surface area contributed by atoms with E-state index < -0.39 is 6.04 Å². The Balaban J connectivity index is 1.89. The van der Waals surface area contributed by atoms with Gasteiger partial charge in [0.25, 0.3) is 5.91 Å². The van der Waals surface area contributed by atoms with Gasteiger partial charge in [0.2, 0.25) is 5.91 Å². The van der Waals surface area contributed by atoms with Crippen LogP contribution in [0.15, 0.2) is 77.3 Å². The summed E-state index contributed by atoms with van der Waals surface area (Å²) in [5, 5.41) is 3.04. The summed E-state index contributed by atoms with van der Waals surface area (Å²) in [4.78, 5) is 28.7. The number of benzene rings is 3. The molecule has 1 atom stereocenters. The van der Waals surface area contributed by atoms with E-state index in [1.165, 1.54) is 0 Å². The molecule has 36 heavy (non-hydrogen) atoms. The summed E-state index contributed by atoms with van der Waals surface area (Å²) in [6, 6.07) is 22.9. The number of amides is 2. The van der Waals surface area contributed by atoms with Crippen molar-refractivity contribution in [3.63, 3.8) is 0 Å². The lowest BCUT2D eigenvalue weighted by Crippen LogP contribution is -2.51. The van der Waals surface area contributed by atoms with Crippen LogP contribution in [0.1, 0.15) is 42.0 Å².